The smallest absolute Gasteiger partial charge is 0.217 e. The number of primary amides is 1. The number of aryl methyl sites for hydroxylation is 2. The van der Waals surface area contributed by atoms with Crippen molar-refractivity contribution in [2.45, 2.75) is 33.1 Å². The van der Waals surface area contributed by atoms with Crippen LogP contribution >= 0.6 is 12.2 Å². The molecule has 0 heterocycles. The summed E-state index contributed by atoms with van der Waals surface area (Å²) < 4.78 is 0. The van der Waals surface area contributed by atoms with E-state index in [9.17, 15) is 4.79 Å². The van der Waals surface area contributed by atoms with Gasteiger partial charge in [-0.05, 0) is 40.5 Å². The van der Waals surface area contributed by atoms with Crippen LogP contribution in [-0.4, -0.2) is 10.9 Å². The fraction of sp³-hybridized carbons (Fsp3) is 0.185. The van der Waals surface area contributed by atoms with Crippen LogP contribution in [0.4, 0.5) is 0 Å². The number of fused-ring (bicyclic) bond motifs is 2. The SMILES string of the molecule is CCC(N)=O.Cc1ccc2ccccc2c1.NC(=S)CCc1ccc2ccccc2c1. The Kier molecular flexibility index (Phi) is 9.66. The van der Waals surface area contributed by atoms with Gasteiger partial charge in [0.2, 0.25) is 5.91 Å². The van der Waals surface area contributed by atoms with E-state index in [0.717, 1.165) is 12.8 Å². The first-order valence-corrected chi connectivity index (χ1v) is 10.8. The summed E-state index contributed by atoms with van der Waals surface area (Å²) in [5.74, 6) is -0.245. The highest BCUT2D eigenvalue weighted by Crippen LogP contribution is 2.16. The fourth-order valence-corrected chi connectivity index (χ4v) is 3.07. The first-order chi connectivity index (χ1) is 14.9. The molecule has 4 heteroatoms. The summed E-state index contributed by atoms with van der Waals surface area (Å²) >= 11 is 4.87. The van der Waals surface area contributed by atoms with E-state index in [4.69, 9.17) is 18.0 Å². The molecule has 1 amide bonds. The molecule has 0 aliphatic heterocycles. The van der Waals surface area contributed by atoms with Gasteiger partial charge in [-0.1, -0.05) is 110 Å². The molecule has 0 atom stereocenters. The van der Waals surface area contributed by atoms with Crippen LogP contribution < -0.4 is 11.5 Å². The minimum absolute atomic E-state index is 0.245. The van der Waals surface area contributed by atoms with E-state index < -0.39 is 0 Å². The van der Waals surface area contributed by atoms with Gasteiger partial charge in [0.1, 0.15) is 0 Å². The first-order valence-electron chi connectivity index (χ1n) is 10.4. The van der Waals surface area contributed by atoms with Crippen LogP contribution in [-0.2, 0) is 11.2 Å². The number of carbonyl (C=O) groups is 1. The van der Waals surface area contributed by atoms with Crippen LogP contribution in [0.15, 0.2) is 84.9 Å². The summed E-state index contributed by atoms with van der Waals surface area (Å²) in [4.78, 5) is 10.2. The number of amides is 1. The van der Waals surface area contributed by atoms with Crippen molar-refractivity contribution in [3.8, 4) is 0 Å². The topological polar surface area (TPSA) is 69.1 Å². The van der Waals surface area contributed by atoms with Gasteiger partial charge in [0.25, 0.3) is 0 Å². The van der Waals surface area contributed by atoms with E-state index in [1.807, 2.05) is 0 Å². The Labute approximate surface area is 190 Å². The van der Waals surface area contributed by atoms with Crippen LogP contribution in [0.5, 0.6) is 0 Å². The van der Waals surface area contributed by atoms with Crippen molar-refractivity contribution in [2.75, 3.05) is 0 Å². The van der Waals surface area contributed by atoms with E-state index >= 15 is 0 Å². The van der Waals surface area contributed by atoms with Gasteiger partial charge < -0.3 is 11.5 Å². The maximum absolute atomic E-state index is 9.59. The molecule has 0 saturated carbocycles. The molecule has 0 bridgehead atoms. The Bertz CT molecular complexity index is 1150. The molecule has 0 saturated heterocycles. The summed E-state index contributed by atoms with van der Waals surface area (Å²) in [6, 6.07) is 29.8. The largest absolute Gasteiger partial charge is 0.393 e. The third-order valence-corrected chi connectivity index (χ3v) is 4.93. The lowest BCUT2D eigenvalue weighted by Gasteiger charge is -2.02. The number of nitrogens with two attached hydrogens (primary N) is 2. The first kappa shape index (κ1) is 24.0. The van der Waals surface area contributed by atoms with Crippen LogP contribution in [0, 0.1) is 6.92 Å². The van der Waals surface area contributed by atoms with E-state index in [2.05, 4.69) is 97.6 Å². The molecule has 160 valence electrons. The molecule has 31 heavy (non-hydrogen) atoms. The lowest BCUT2D eigenvalue weighted by atomic mass is 10.0. The van der Waals surface area contributed by atoms with Gasteiger partial charge in [0, 0.05) is 12.8 Å². The zero-order chi connectivity index (χ0) is 22.6. The second-order valence-corrected chi connectivity index (χ2v) is 7.84. The lowest BCUT2D eigenvalue weighted by molar-refractivity contribution is -0.117. The lowest BCUT2D eigenvalue weighted by Crippen LogP contribution is -2.08. The monoisotopic (exact) mass is 430 g/mol. The standard InChI is InChI=1S/C13H13NS.C11H10.C3H7NO/c14-13(15)8-6-10-5-7-11-3-1-2-4-12(11)9-10;1-9-6-7-10-4-2-3-5-11(10)8-9;1-2-3(4)5/h1-5,7,9H,6,8H2,(H2,14,15);2-8H,1H3;2H2,1H3,(H2,4,5). The number of thiocarbonyl (C=S) groups is 1. The molecule has 0 unspecified atom stereocenters. The van der Waals surface area contributed by atoms with Gasteiger partial charge in [-0.3, -0.25) is 4.79 Å². The third kappa shape index (κ3) is 8.57. The van der Waals surface area contributed by atoms with Crippen molar-refractivity contribution in [3.63, 3.8) is 0 Å². The molecular formula is C27H30N2OS. The number of hydrogen-bond donors (Lipinski definition) is 2. The molecule has 0 radical (unpaired) electrons. The van der Waals surface area contributed by atoms with Crippen molar-refractivity contribution < 1.29 is 4.79 Å². The second-order valence-electron chi connectivity index (χ2n) is 7.32. The molecular weight excluding hydrogens is 400 g/mol. The summed E-state index contributed by atoms with van der Waals surface area (Å²) in [5, 5.41) is 5.19. The van der Waals surface area contributed by atoms with Crippen molar-refractivity contribution in [2.24, 2.45) is 11.5 Å². The predicted octanol–water partition coefficient (Wildman–Crippen LogP) is 6.09. The maximum Gasteiger partial charge on any atom is 0.217 e. The minimum atomic E-state index is -0.245. The van der Waals surface area contributed by atoms with Crippen molar-refractivity contribution in [3.05, 3.63) is 96.1 Å². The highest BCUT2D eigenvalue weighted by molar-refractivity contribution is 7.80. The van der Waals surface area contributed by atoms with Crippen molar-refractivity contribution in [1.29, 1.82) is 0 Å². The van der Waals surface area contributed by atoms with Gasteiger partial charge in [-0.15, -0.1) is 0 Å². The molecule has 0 aliphatic carbocycles. The van der Waals surface area contributed by atoms with Crippen LogP contribution in [0.1, 0.15) is 30.9 Å². The Morgan fingerprint density at radius 2 is 1.26 bits per heavy atom. The van der Waals surface area contributed by atoms with Gasteiger partial charge in [-0.25, -0.2) is 0 Å². The molecule has 0 spiro atoms. The summed E-state index contributed by atoms with van der Waals surface area (Å²) in [7, 11) is 0. The Morgan fingerprint density at radius 3 is 1.77 bits per heavy atom. The van der Waals surface area contributed by atoms with E-state index in [1.54, 1.807) is 6.92 Å². The fourth-order valence-electron chi connectivity index (χ4n) is 2.97. The zero-order valence-electron chi connectivity index (χ0n) is 18.2. The van der Waals surface area contributed by atoms with Crippen LogP contribution in [0.3, 0.4) is 0 Å². The van der Waals surface area contributed by atoms with Crippen LogP contribution in [0.25, 0.3) is 21.5 Å². The van der Waals surface area contributed by atoms with E-state index in [0.29, 0.717) is 11.4 Å². The molecule has 0 aromatic heterocycles. The number of carbonyl (C=O) groups excluding carboxylic acids is 1. The van der Waals surface area contributed by atoms with Gasteiger partial charge in [0.05, 0.1) is 4.99 Å². The Hall–Kier alpha value is -3.24. The molecule has 4 N–H and O–H groups in total. The zero-order valence-corrected chi connectivity index (χ0v) is 19.0. The second kappa shape index (κ2) is 12.5. The normalized spacial score (nSPS) is 9.87. The highest BCUT2D eigenvalue weighted by Gasteiger charge is 1.97. The average Bonchev–Trinajstić information content (AvgIpc) is 2.78. The average molecular weight is 431 g/mol. The Balaban J connectivity index is 0.000000187. The van der Waals surface area contributed by atoms with Crippen molar-refractivity contribution >= 4 is 44.7 Å². The van der Waals surface area contributed by atoms with Crippen LogP contribution in [0.2, 0.25) is 0 Å². The maximum atomic E-state index is 9.59. The molecule has 4 rings (SSSR count). The molecule has 4 aromatic carbocycles. The predicted molar refractivity (Wildman–Crippen MR) is 137 cm³/mol. The molecule has 3 nitrogen and oxygen atoms in total. The van der Waals surface area contributed by atoms with E-state index in [-0.39, 0.29) is 5.91 Å². The van der Waals surface area contributed by atoms with E-state index in [1.165, 1.54) is 32.7 Å². The number of benzene rings is 4. The summed E-state index contributed by atoms with van der Waals surface area (Å²) in [6.45, 7) is 3.84. The Morgan fingerprint density at radius 1 is 0.774 bits per heavy atom. The minimum Gasteiger partial charge on any atom is -0.393 e. The highest BCUT2D eigenvalue weighted by atomic mass is 32.1. The molecule has 0 fully saturated rings. The number of hydrogen-bond acceptors (Lipinski definition) is 2. The van der Waals surface area contributed by atoms with Gasteiger partial charge in [-0.2, -0.15) is 0 Å². The summed E-state index contributed by atoms with van der Waals surface area (Å²) in [6.07, 6.45) is 2.16. The molecule has 4 aromatic rings. The molecule has 0 aliphatic rings. The summed E-state index contributed by atoms with van der Waals surface area (Å²) in [5.41, 5.74) is 12.8. The van der Waals surface area contributed by atoms with Crippen molar-refractivity contribution in [1.82, 2.24) is 0 Å². The van der Waals surface area contributed by atoms with Gasteiger partial charge in [0.15, 0.2) is 0 Å². The third-order valence-electron chi connectivity index (χ3n) is 4.73. The quantitative estimate of drug-likeness (QED) is 0.385. The number of rotatable bonds is 4. The van der Waals surface area contributed by atoms with Gasteiger partial charge >= 0.3 is 0 Å².